The summed E-state index contributed by atoms with van der Waals surface area (Å²) in [5, 5.41) is 0.0256. The maximum Gasteiger partial charge on any atom is 0.246 e. The van der Waals surface area contributed by atoms with Gasteiger partial charge in [0.2, 0.25) is 10.0 Å². The highest BCUT2D eigenvalue weighted by molar-refractivity contribution is 9.10. The van der Waals surface area contributed by atoms with Crippen molar-refractivity contribution in [1.29, 1.82) is 0 Å². The molecule has 0 saturated carbocycles. The molecule has 0 radical (unpaired) electrons. The number of hydrogen-bond donors (Lipinski definition) is 0. The Bertz CT molecular complexity index is 577. The molecule has 0 aliphatic carbocycles. The van der Waals surface area contributed by atoms with E-state index in [2.05, 4.69) is 20.9 Å². The summed E-state index contributed by atoms with van der Waals surface area (Å²) in [6, 6.07) is 1.56. The first kappa shape index (κ1) is 15.2. The average Bonchev–Trinajstić information content (AvgIpc) is 2.82. The zero-order valence-corrected chi connectivity index (χ0v) is 14.0. The van der Waals surface area contributed by atoms with E-state index in [0.717, 1.165) is 12.8 Å². The van der Waals surface area contributed by atoms with Gasteiger partial charge in [-0.3, -0.25) is 0 Å². The van der Waals surface area contributed by atoms with Crippen LogP contribution >= 0.6 is 27.5 Å². The average molecular weight is 368 g/mol. The van der Waals surface area contributed by atoms with Crippen LogP contribution in [-0.4, -0.2) is 30.3 Å². The summed E-state index contributed by atoms with van der Waals surface area (Å²) in [6.45, 7) is 4.63. The number of pyridine rings is 1. The number of rotatable bonds is 3. The van der Waals surface area contributed by atoms with Crippen molar-refractivity contribution in [3.05, 3.63) is 21.9 Å². The van der Waals surface area contributed by atoms with Gasteiger partial charge in [0.25, 0.3) is 0 Å². The van der Waals surface area contributed by atoms with Gasteiger partial charge in [0.15, 0.2) is 0 Å². The quantitative estimate of drug-likeness (QED) is 0.770. The Labute approximate surface area is 127 Å². The third-order valence-corrected chi connectivity index (χ3v) is 6.16. The van der Waals surface area contributed by atoms with Gasteiger partial charge in [0.1, 0.15) is 10.0 Å². The maximum absolute atomic E-state index is 12.7. The fourth-order valence-electron chi connectivity index (χ4n) is 2.44. The van der Waals surface area contributed by atoms with E-state index in [1.807, 2.05) is 13.8 Å². The van der Waals surface area contributed by atoms with Crippen LogP contribution in [0.25, 0.3) is 0 Å². The summed E-state index contributed by atoms with van der Waals surface area (Å²) < 4.78 is 27.6. The van der Waals surface area contributed by atoms with Gasteiger partial charge in [0.05, 0.1) is 0 Å². The molecule has 0 bridgehead atoms. The zero-order chi connectivity index (χ0) is 14.2. The molecule has 0 aromatic carbocycles. The number of aromatic nitrogens is 1. The summed E-state index contributed by atoms with van der Waals surface area (Å²) in [6.07, 6.45) is 3.28. The molecule has 0 spiro atoms. The van der Waals surface area contributed by atoms with E-state index in [1.165, 1.54) is 12.3 Å². The predicted molar refractivity (Wildman–Crippen MR) is 78.7 cm³/mol. The standard InChI is InChI=1S/C12H16BrClN2O2S/c1-8(2)10-4-3-5-16(10)19(17,18)11-6-9(13)7-15-12(11)14/h6-8,10H,3-5H2,1-2H3. The first-order valence-corrected chi connectivity index (χ1v) is 8.78. The minimum absolute atomic E-state index is 0.0256. The number of hydrogen-bond acceptors (Lipinski definition) is 3. The van der Waals surface area contributed by atoms with Gasteiger partial charge in [-0.2, -0.15) is 4.31 Å². The molecular formula is C12H16BrClN2O2S. The van der Waals surface area contributed by atoms with Gasteiger partial charge in [-0.15, -0.1) is 0 Å². The van der Waals surface area contributed by atoms with Crippen molar-refractivity contribution in [1.82, 2.24) is 9.29 Å². The molecule has 19 heavy (non-hydrogen) atoms. The van der Waals surface area contributed by atoms with Gasteiger partial charge in [0, 0.05) is 23.3 Å². The summed E-state index contributed by atoms with van der Waals surface area (Å²) in [5.74, 6) is 0.288. The first-order chi connectivity index (χ1) is 8.84. The Kier molecular flexibility index (Phi) is 4.55. The fraction of sp³-hybridized carbons (Fsp3) is 0.583. The molecule has 1 fully saturated rings. The lowest BCUT2D eigenvalue weighted by atomic mass is 10.0. The lowest BCUT2D eigenvalue weighted by Gasteiger charge is -2.27. The second-order valence-electron chi connectivity index (χ2n) is 5.01. The second kappa shape index (κ2) is 5.68. The molecule has 4 nitrogen and oxygen atoms in total. The highest BCUT2D eigenvalue weighted by Crippen LogP contribution is 2.33. The van der Waals surface area contributed by atoms with Gasteiger partial charge < -0.3 is 0 Å². The summed E-state index contributed by atoms with van der Waals surface area (Å²) in [4.78, 5) is 3.98. The van der Waals surface area contributed by atoms with E-state index in [9.17, 15) is 8.42 Å². The molecule has 1 atom stereocenters. The summed E-state index contributed by atoms with van der Waals surface area (Å²) in [5.41, 5.74) is 0. The van der Waals surface area contributed by atoms with E-state index in [-0.39, 0.29) is 22.0 Å². The number of sulfonamides is 1. The molecule has 2 rings (SSSR count). The van der Waals surface area contributed by atoms with Crippen molar-refractivity contribution in [2.45, 2.75) is 37.6 Å². The van der Waals surface area contributed by atoms with Crippen LogP contribution in [0.3, 0.4) is 0 Å². The third-order valence-electron chi connectivity index (χ3n) is 3.38. The van der Waals surface area contributed by atoms with Crippen LogP contribution in [0.1, 0.15) is 26.7 Å². The Morgan fingerprint density at radius 3 is 2.84 bits per heavy atom. The monoisotopic (exact) mass is 366 g/mol. The van der Waals surface area contributed by atoms with Crippen LogP contribution in [0.5, 0.6) is 0 Å². The zero-order valence-electron chi connectivity index (χ0n) is 10.8. The van der Waals surface area contributed by atoms with E-state index < -0.39 is 10.0 Å². The molecule has 7 heteroatoms. The van der Waals surface area contributed by atoms with Crippen LogP contribution < -0.4 is 0 Å². The van der Waals surface area contributed by atoms with Crippen LogP contribution in [0.2, 0.25) is 5.15 Å². The fourth-order valence-corrected chi connectivity index (χ4v) is 5.19. The minimum Gasteiger partial charge on any atom is -0.242 e. The Morgan fingerprint density at radius 1 is 1.53 bits per heavy atom. The van der Waals surface area contributed by atoms with Crippen molar-refractivity contribution in [2.24, 2.45) is 5.92 Å². The molecule has 1 aromatic heterocycles. The lowest BCUT2D eigenvalue weighted by molar-refractivity contribution is 0.315. The van der Waals surface area contributed by atoms with Crippen molar-refractivity contribution in [3.8, 4) is 0 Å². The van der Waals surface area contributed by atoms with Crippen molar-refractivity contribution in [3.63, 3.8) is 0 Å². The Hall–Kier alpha value is -0.170. The smallest absolute Gasteiger partial charge is 0.242 e. The van der Waals surface area contributed by atoms with Crippen molar-refractivity contribution >= 4 is 37.6 Å². The van der Waals surface area contributed by atoms with Gasteiger partial charge in [-0.25, -0.2) is 13.4 Å². The topological polar surface area (TPSA) is 50.3 Å². The van der Waals surface area contributed by atoms with Gasteiger partial charge >= 0.3 is 0 Å². The molecular weight excluding hydrogens is 352 g/mol. The second-order valence-corrected chi connectivity index (χ2v) is 8.14. The highest BCUT2D eigenvalue weighted by atomic mass is 79.9. The van der Waals surface area contributed by atoms with Crippen LogP contribution in [-0.2, 0) is 10.0 Å². The largest absolute Gasteiger partial charge is 0.246 e. The summed E-state index contributed by atoms with van der Waals surface area (Å²) >= 11 is 9.19. The van der Waals surface area contributed by atoms with Gasteiger partial charge in [-0.05, 0) is 40.8 Å². The van der Waals surface area contributed by atoms with E-state index in [1.54, 1.807) is 4.31 Å². The van der Waals surface area contributed by atoms with Gasteiger partial charge in [-0.1, -0.05) is 25.4 Å². The van der Waals surface area contributed by atoms with Crippen LogP contribution in [0.15, 0.2) is 21.6 Å². The maximum atomic E-state index is 12.7. The van der Waals surface area contributed by atoms with Crippen molar-refractivity contribution < 1.29 is 8.42 Å². The molecule has 1 aromatic rings. The molecule has 0 amide bonds. The molecule has 1 aliphatic heterocycles. The predicted octanol–water partition coefficient (Wildman–Crippen LogP) is 3.31. The molecule has 1 aliphatic rings. The SMILES string of the molecule is CC(C)C1CCCN1S(=O)(=O)c1cc(Br)cnc1Cl. The van der Waals surface area contributed by atoms with Crippen molar-refractivity contribution in [2.75, 3.05) is 6.54 Å². The number of halogens is 2. The Balaban J connectivity index is 2.45. The Morgan fingerprint density at radius 2 is 2.21 bits per heavy atom. The highest BCUT2D eigenvalue weighted by Gasteiger charge is 2.38. The first-order valence-electron chi connectivity index (χ1n) is 6.17. The lowest BCUT2D eigenvalue weighted by Crippen LogP contribution is -2.38. The molecule has 2 heterocycles. The molecule has 106 valence electrons. The third kappa shape index (κ3) is 2.96. The van der Waals surface area contributed by atoms with E-state index >= 15 is 0 Å². The van der Waals surface area contributed by atoms with E-state index in [0.29, 0.717) is 11.0 Å². The van der Waals surface area contributed by atoms with Crippen LogP contribution in [0.4, 0.5) is 0 Å². The summed E-state index contributed by atoms with van der Waals surface area (Å²) in [7, 11) is -3.58. The normalized spacial score (nSPS) is 21.2. The van der Waals surface area contributed by atoms with E-state index in [4.69, 9.17) is 11.6 Å². The molecule has 1 saturated heterocycles. The molecule has 1 unspecified atom stereocenters. The van der Waals surface area contributed by atoms with Crippen LogP contribution in [0, 0.1) is 5.92 Å². The molecule has 0 N–H and O–H groups in total. The minimum atomic E-state index is -3.58. The number of nitrogens with zero attached hydrogens (tertiary/aromatic N) is 2.